The molecule has 0 saturated heterocycles. The van der Waals surface area contributed by atoms with E-state index in [1.165, 1.54) is 16.8 Å². The zero-order chi connectivity index (χ0) is 16.4. The van der Waals surface area contributed by atoms with Crippen molar-refractivity contribution in [2.75, 3.05) is 18.0 Å². The SMILES string of the molecule is CCN(CCn1c(=O)oc2ccccc21)c1ccc(C)cc1C. The van der Waals surface area contributed by atoms with Gasteiger partial charge in [0, 0.05) is 25.3 Å². The van der Waals surface area contributed by atoms with Crippen molar-refractivity contribution < 1.29 is 4.42 Å². The minimum atomic E-state index is -0.289. The van der Waals surface area contributed by atoms with Crippen LogP contribution in [-0.4, -0.2) is 17.7 Å². The van der Waals surface area contributed by atoms with Crippen molar-refractivity contribution in [3.8, 4) is 0 Å². The summed E-state index contributed by atoms with van der Waals surface area (Å²) < 4.78 is 7.01. The second kappa shape index (κ2) is 6.32. The third kappa shape index (κ3) is 3.02. The van der Waals surface area contributed by atoms with E-state index in [0.717, 1.165) is 18.6 Å². The summed E-state index contributed by atoms with van der Waals surface area (Å²) in [5.74, 6) is -0.289. The Labute approximate surface area is 136 Å². The van der Waals surface area contributed by atoms with Crippen molar-refractivity contribution in [1.82, 2.24) is 4.57 Å². The van der Waals surface area contributed by atoms with Crippen LogP contribution in [0.5, 0.6) is 0 Å². The molecule has 120 valence electrons. The molecule has 0 saturated carbocycles. The van der Waals surface area contributed by atoms with Gasteiger partial charge in [-0.2, -0.15) is 0 Å². The van der Waals surface area contributed by atoms with Crippen LogP contribution in [0.25, 0.3) is 11.1 Å². The molecular formula is C19H22N2O2. The van der Waals surface area contributed by atoms with Gasteiger partial charge in [0.1, 0.15) is 0 Å². The largest absolute Gasteiger partial charge is 0.420 e. The Morgan fingerprint density at radius 2 is 1.91 bits per heavy atom. The van der Waals surface area contributed by atoms with Crippen LogP contribution in [0.2, 0.25) is 0 Å². The zero-order valence-electron chi connectivity index (χ0n) is 13.9. The molecule has 0 spiro atoms. The number of hydrogen-bond acceptors (Lipinski definition) is 3. The minimum Gasteiger partial charge on any atom is -0.408 e. The predicted octanol–water partition coefficient (Wildman–Crippen LogP) is 3.74. The molecule has 0 aliphatic rings. The van der Waals surface area contributed by atoms with E-state index in [1.54, 1.807) is 4.57 Å². The summed E-state index contributed by atoms with van der Waals surface area (Å²) in [6.07, 6.45) is 0. The van der Waals surface area contributed by atoms with Gasteiger partial charge in [0.25, 0.3) is 0 Å². The molecule has 0 N–H and O–H groups in total. The van der Waals surface area contributed by atoms with Crippen LogP contribution in [0.4, 0.5) is 5.69 Å². The van der Waals surface area contributed by atoms with E-state index in [9.17, 15) is 4.79 Å². The van der Waals surface area contributed by atoms with Crippen molar-refractivity contribution in [1.29, 1.82) is 0 Å². The molecule has 0 atom stereocenters. The summed E-state index contributed by atoms with van der Waals surface area (Å²) in [6, 6.07) is 14.0. The number of hydrogen-bond donors (Lipinski definition) is 0. The fourth-order valence-electron chi connectivity index (χ4n) is 3.06. The number of oxazole rings is 1. The highest BCUT2D eigenvalue weighted by Gasteiger charge is 2.12. The van der Waals surface area contributed by atoms with Crippen molar-refractivity contribution in [2.45, 2.75) is 27.3 Å². The first-order chi connectivity index (χ1) is 11.1. The second-order valence-electron chi connectivity index (χ2n) is 5.86. The lowest BCUT2D eigenvalue weighted by atomic mass is 10.1. The molecule has 23 heavy (non-hydrogen) atoms. The number of aryl methyl sites for hydroxylation is 2. The number of nitrogens with zero attached hydrogens (tertiary/aromatic N) is 2. The maximum absolute atomic E-state index is 12.1. The molecule has 4 nitrogen and oxygen atoms in total. The first-order valence-corrected chi connectivity index (χ1v) is 8.00. The standard InChI is InChI=1S/C19H22N2O2/c1-4-20(16-10-9-14(2)13-15(16)3)11-12-21-17-7-5-6-8-18(17)23-19(21)22/h5-10,13H,4,11-12H2,1-3H3. The first-order valence-electron chi connectivity index (χ1n) is 8.00. The Morgan fingerprint density at radius 3 is 2.65 bits per heavy atom. The average Bonchev–Trinajstić information content (AvgIpc) is 2.85. The van der Waals surface area contributed by atoms with E-state index in [2.05, 4.69) is 43.9 Å². The zero-order valence-corrected chi connectivity index (χ0v) is 13.9. The number of benzene rings is 2. The van der Waals surface area contributed by atoms with Gasteiger partial charge in [0.05, 0.1) is 5.52 Å². The number of fused-ring (bicyclic) bond motifs is 1. The number of rotatable bonds is 5. The molecule has 0 bridgehead atoms. The highest BCUT2D eigenvalue weighted by Crippen LogP contribution is 2.21. The first kappa shape index (κ1) is 15.4. The summed E-state index contributed by atoms with van der Waals surface area (Å²) in [5, 5.41) is 0. The van der Waals surface area contributed by atoms with Gasteiger partial charge in [-0.3, -0.25) is 4.57 Å². The van der Waals surface area contributed by atoms with Crippen molar-refractivity contribution in [3.63, 3.8) is 0 Å². The topological polar surface area (TPSA) is 38.4 Å². The van der Waals surface area contributed by atoms with Crippen LogP contribution < -0.4 is 10.7 Å². The van der Waals surface area contributed by atoms with E-state index in [-0.39, 0.29) is 5.76 Å². The molecule has 1 aromatic heterocycles. The van der Waals surface area contributed by atoms with E-state index in [4.69, 9.17) is 4.42 Å². The molecule has 3 aromatic rings. The lowest BCUT2D eigenvalue weighted by molar-refractivity contribution is 0.504. The number of aromatic nitrogens is 1. The fourth-order valence-corrected chi connectivity index (χ4v) is 3.06. The van der Waals surface area contributed by atoms with Crippen LogP contribution in [0.3, 0.4) is 0 Å². The Morgan fingerprint density at radius 1 is 1.13 bits per heavy atom. The van der Waals surface area contributed by atoms with Gasteiger partial charge >= 0.3 is 5.76 Å². The molecule has 0 amide bonds. The monoisotopic (exact) mass is 310 g/mol. The van der Waals surface area contributed by atoms with Crippen molar-refractivity contribution >= 4 is 16.8 Å². The van der Waals surface area contributed by atoms with Gasteiger partial charge < -0.3 is 9.32 Å². The van der Waals surface area contributed by atoms with Crippen LogP contribution >= 0.6 is 0 Å². The maximum Gasteiger partial charge on any atom is 0.420 e. The summed E-state index contributed by atoms with van der Waals surface area (Å²) in [4.78, 5) is 14.4. The number of para-hydroxylation sites is 2. The average molecular weight is 310 g/mol. The van der Waals surface area contributed by atoms with Crippen molar-refractivity contribution in [2.24, 2.45) is 0 Å². The molecule has 3 rings (SSSR count). The number of likely N-dealkylation sites (N-methyl/N-ethyl adjacent to an activating group) is 1. The van der Waals surface area contributed by atoms with Gasteiger partial charge in [-0.05, 0) is 44.5 Å². The Bertz CT molecular complexity index is 876. The molecule has 0 aliphatic carbocycles. The normalized spacial score (nSPS) is 11.1. The van der Waals surface area contributed by atoms with Crippen LogP contribution in [0, 0.1) is 13.8 Å². The second-order valence-corrected chi connectivity index (χ2v) is 5.86. The van der Waals surface area contributed by atoms with Crippen LogP contribution in [0.15, 0.2) is 51.7 Å². The lowest BCUT2D eigenvalue weighted by Crippen LogP contribution is -2.30. The highest BCUT2D eigenvalue weighted by atomic mass is 16.4. The summed E-state index contributed by atoms with van der Waals surface area (Å²) >= 11 is 0. The van der Waals surface area contributed by atoms with E-state index in [1.807, 2.05) is 24.3 Å². The number of anilines is 1. The van der Waals surface area contributed by atoms with E-state index < -0.39 is 0 Å². The van der Waals surface area contributed by atoms with Gasteiger partial charge in [-0.15, -0.1) is 0 Å². The highest BCUT2D eigenvalue weighted by molar-refractivity contribution is 5.72. The molecular weight excluding hydrogens is 288 g/mol. The molecule has 1 heterocycles. The third-order valence-electron chi connectivity index (χ3n) is 4.24. The molecule has 2 aromatic carbocycles. The van der Waals surface area contributed by atoms with Crippen molar-refractivity contribution in [3.05, 3.63) is 64.1 Å². The molecule has 0 aliphatic heterocycles. The summed E-state index contributed by atoms with van der Waals surface area (Å²) in [6.45, 7) is 8.64. The van der Waals surface area contributed by atoms with Gasteiger partial charge in [-0.1, -0.05) is 29.8 Å². The fraction of sp³-hybridized carbons (Fsp3) is 0.316. The Hall–Kier alpha value is -2.49. The van der Waals surface area contributed by atoms with Gasteiger partial charge in [-0.25, -0.2) is 4.79 Å². The van der Waals surface area contributed by atoms with Gasteiger partial charge in [0.15, 0.2) is 5.58 Å². The Kier molecular flexibility index (Phi) is 4.24. The quantitative estimate of drug-likeness (QED) is 0.720. The maximum atomic E-state index is 12.1. The Balaban J connectivity index is 1.85. The molecule has 0 fully saturated rings. The third-order valence-corrected chi connectivity index (χ3v) is 4.24. The summed E-state index contributed by atoms with van der Waals surface area (Å²) in [7, 11) is 0. The lowest BCUT2D eigenvalue weighted by Gasteiger charge is -2.25. The molecule has 0 radical (unpaired) electrons. The minimum absolute atomic E-state index is 0.289. The van der Waals surface area contributed by atoms with Gasteiger partial charge in [0.2, 0.25) is 0 Å². The summed E-state index contributed by atoms with van der Waals surface area (Å²) in [5.41, 5.74) is 5.25. The predicted molar refractivity (Wildman–Crippen MR) is 94.3 cm³/mol. The smallest absolute Gasteiger partial charge is 0.408 e. The molecule has 0 unspecified atom stereocenters. The molecule has 4 heteroatoms. The van der Waals surface area contributed by atoms with Crippen LogP contribution in [0.1, 0.15) is 18.1 Å². The van der Waals surface area contributed by atoms with Crippen LogP contribution in [-0.2, 0) is 6.54 Å². The van der Waals surface area contributed by atoms with E-state index >= 15 is 0 Å². The van der Waals surface area contributed by atoms with E-state index in [0.29, 0.717) is 12.1 Å².